The van der Waals surface area contributed by atoms with E-state index in [0.29, 0.717) is 6.42 Å². The van der Waals surface area contributed by atoms with Crippen LogP contribution in [0.15, 0.2) is 35.2 Å². The molecule has 3 nitrogen and oxygen atoms in total. The quantitative estimate of drug-likeness (QED) is 0.596. The van der Waals surface area contributed by atoms with Gasteiger partial charge in [-0.3, -0.25) is 4.57 Å². The fourth-order valence-corrected chi connectivity index (χ4v) is 3.88. The Morgan fingerprint density at radius 1 is 1.50 bits per heavy atom. The van der Waals surface area contributed by atoms with E-state index in [0.717, 1.165) is 30.4 Å². The maximum atomic E-state index is 11.7. The molecule has 0 aromatic rings. The molecule has 4 heteroatoms. The summed E-state index contributed by atoms with van der Waals surface area (Å²) in [6.45, 7) is 9.70. The summed E-state index contributed by atoms with van der Waals surface area (Å²) in [5.41, 5.74) is 1.78. The molecule has 0 unspecified atom stereocenters. The predicted molar refractivity (Wildman–Crippen MR) is 75.3 cm³/mol. The van der Waals surface area contributed by atoms with Crippen LogP contribution in [0.3, 0.4) is 0 Å². The van der Waals surface area contributed by atoms with Crippen molar-refractivity contribution >= 4 is 7.60 Å². The molecular weight excluding hydrogens is 247 g/mol. The first kappa shape index (κ1) is 15.4. The Morgan fingerprint density at radius 3 is 2.56 bits per heavy atom. The van der Waals surface area contributed by atoms with Gasteiger partial charge in [-0.25, -0.2) is 0 Å². The largest absolute Gasteiger partial charge is 0.356 e. The standard InChI is InChI=1S/C14H23O3P/c1-5-6-9-12(18(15,16)17)13-11(2)8-7-10-14(13,3)4/h5,9H,1,6-8,10H2,2-4H3,(H2,15,16,17)/b12-9+. The average Bonchev–Trinajstić information content (AvgIpc) is 2.19. The fraction of sp³-hybridized carbons (Fsp3) is 0.571. The summed E-state index contributed by atoms with van der Waals surface area (Å²) >= 11 is 0. The lowest BCUT2D eigenvalue weighted by molar-refractivity contribution is 0.357. The van der Waals surface area contributed by atoms with Gasteiger partial charge in [-0.2, -0.15) is 0 Å². The molecule has 2 N–H and O–H groups in total. The van der Waals surface area contributed by atoms with Crippen LogP contribution in [0, 0.1) is 5.41 Å². The van der Waals surface area contributed by atoms with Crippen LogP contribution in [0.1, 0.15) is 46.5 Å². The van der Waals surface area contributed by atoms with Gasteiger partial charge in [-0.15, -0.1) is 6.58 Å². The van der Waals surface area contributed by atoms with Gasteiger partial charge in [0, 0.05) is 0 Å². The van der Waals surface area contributed by atoms with Gasteiger partial charge in [0.1, 0.15) is 0 Å². The molecule has 1 rings (SSSR count). The van der Waals surface area contributed by atoms with Crippen molar-refractivity contribution in [1.82, 2.24) is 0 Å². The van der Waals surface area contributed by atoms with Crippen molar-refractivity contribution in [3.05, 3.63) is 35.2 Å². The highest BCUT2D eigenvalue weighted by Crippen LogP contribution is 2.56. The first-order valence-electron chi connectivity index (χ1n) is 6.28. The van der Waals surface area contributed by atoms with Gasteiger partial charge in [-0.05, 0) is 43.6 Å². The smallest absolute Gasteiger partial charge is 0.321 e. The van der Waals surface area contributed by atoms with Crippen LogP contribution in [0.2, 0.25) is 0 Å². The lowest BCUT2D eigenvalue weighted by atomic mass is 9.72. The molecule has 0 heterocycles. The molecule has 0 saturated carbocycles. The Balaban J connectivity index is 3.36. The van der Waals surface area contributed by atoms with Gasteiger partial charge in [0.15, 0.2) is 0 Å². The number of allylic oxidation sites excluding steroid dienone is 5. The minimum atomic E-state index is -4.24. The van der Waals surface area contributed by atoms with Gasteiger partial charge in [0.05, 0.1) is 5.31 Å². The molecule has 0 radical (unpaired) electrons. The van der Waals surface area contributed by atoms with Crippen LogP contribution in [0.25, 0.3) is 0 Å². The maximum absolute atomic E-state index is 11.7. The lowest BCUT2D eigenvalue weighted by Gasteiger charge is -2.36. The number of rotatable bonds is 4. The van der Waals surface area contributed by atoms with Gasteiger partial charge < -0.3 is 9.79 Å². The van der Waals surface area contributed by atoms with Gasteiger partial charge >= 0.3 is 7.60 Å². The highest BCUT2D eigenvalue weighted by molar-refractivity contribution is 7.56. The maximum Gasteiger partial charge on any atom is 0.356 e. The van der Waals surface area contributed by atoms with E-state index in [2.05, 4.69) is 20.4 Å². The number of hydrogen-bond acceptors (Lipinski definition) is 1. The SMILES string of the molecule is C=CC/C=C(\C1=C(C)CCCC1(C)C)P(=O)(O)O. The highest BCUT2D eigenvalue weighted by Gasteiger charge is 2.36. The molecule has 102 valence electrons. The van der Waals surface area contributed by atoms with Gasteiger partial charge in [-0.1, -0.05) is 31.6 Å². The molecule has 0 atom stereocenters. The van der Waals surface area contributed by atoms with Crippen molar-refractivity contribution in [2.75, 3.05) is 0 Å². The summed E-state index contributed by atoms with van der Waals surface area (Å²) in [4.78, 5) is 19.2. The molecule has 18 heavy (non-hydrogen) atoms. The molecule has 0 aromatic heterocycles. The molecule has 0 aromatic carbocycles. The summed E-state index contributed by atoms with van der Waals surface area (Å²) in [6, 6.07) is 0. The molecule has 1 aliphatic carbocycles. The summed E-state index contributed by atoms with van der Waals surface area (Å²) < 4.78 is 11.7. The third kappa shape index (κ3) is 3.44. The zero-order chi connectivity index (χ0) is 14.0. The zero-order valence-corrected chi connectivity index (χ0v) is 12.3. The van der Waals surface area contributed by atoms with Crippen LogP contribution < -0.4 is 0 Å². The topological polar surface area (TPSA) is 57.5 Å². The van der Waals surface area contributed by atoms with Crippen molar-refractivity contribution in [3.8, 4) is 0 Å². The van der Waals surface area contributed by atoms with E-state index >= 15 is 0 Å². The normalized spacial score (nSPS) is 21.1. The Kier molecular flexibility index (Phi) is 4.77. The van der Waals surface area contributed by atoms with Crippen LogP contribution in [-0.2, 0) is 4.57 Å². The van der Waals surface area contributed by atoms with Crippen LogP contribution in [-0.4, -0.2) is 9.79 Å². The second-order valence-electron chi connectivity index (χ2n) is 5.55. The first-order chi connectivity index (χ1) is 8.20. The molecular formula is C14H23O3P. The Morgan fingerprint density at radius 2 is 2.11 bits per heavy atom. The van der Waals surface area contributed by atoms with E-state index in [1.54, 1.807) is 12.2 Å². The summed E-state index contributed by atoms with van der Waals surface area (Å²) in [5, 5.41) is 0.199. The van der Waals surface area contributed by atoms with E-state index in [4.69, 9.17) is 0 Å². The zero-order valence-electron chi connectivity index (χ0n) is 11.4. The summed E-state index contributed by atoms with van der Waals surface area (Å²) in [6.07, 6.45) is 6.72. The third-order valence-corrected chi connectivity index (χ3v) is 4.54. The van der Waals surface area contributed by atoms with Crippen LogP contribution in [0.5, 0.6) is 0 Å². The van der Waals surface area contributed by atoms with Crippen LogP contribution in [0.4, 0.5) is 0 Å². The highest BCUT2D eigenvalue weighted by atomic mass is 31.2. The molecule has 0 aliphatic heterocycles. The molecule has 1 aliphatic rings. The summed E-state index contributed by atoms with van der Waals surface area (Å²) in [5.74, 6) is 0. The minimum absolute atomic E-state index is 0.170. The van der Waals surface area contributed by atoms with Crippen LogP contribution >= 0.6 is 7.60 Å². The molecule has 0 bridgehead atoms. The molecule has 0 saturated heterocycles. The van der Waals surface area contributed by atoms with Gasteiger partial charge in [0.2, 0.25) is 0 Å². The fourth-order valence-electron chi connectivity index (χ4n) is 2.75. The molecule has 0 spiro atoms. The second kappa shape index (κ2) is 5.56. The summed E-state index contributed by atoms with van der Waals surface area (Å²) in [7, 11) is -4.24. The van der Waals surface area contributed by atoms with Crippen molar-refractivity contribution in [1.29, 1.82) is 0 Å². The monoisotopic (exact) mass is 270 g/mol. The Bertz CT molecular complexity index is 438. The van der Waals surface area contributed by atoms with Crippen molar-refractivity contribution in [2.45, 2.75) is 46.5 Å². The van der Waals surface area contributed by atoms with Gasteiger partial charge in [0.25, 0.3) is 0 Å². The van der Waals surface area contributed by atoms with Crippen molar-refractivity contribution < 1.29 is 14.4 Å². The third-order valence-electron chi connectivity index (χ3n) is 3.50. The van der Waals surface area contributed by atoms with E-state index in [1.807, 2.05) is 6.92 Å². The Labute approximate surface area is 109 Å². The van der Waals surface area contributed by atoms with Crippen molar-refractivity contribution in [2.24, 2.45) is 5.41 Å². The van der Waals surface area contributed by atoms with E-state index in [-0.39, 0.29) is 10.7 Å². The average molecular weight is 270 g/mol. The second-order valence-corrected chi connectivity index (χ2v) is 7.12. The van der Waals surface area contributed by atoms with Crippen molar-refractivity contribution in [3.63, 3.8) is 0 Å². The first-order valence-corrected chi connectivity index (χ1v) is 7.89. The number of hydrogen-bond donors (Lipinski definition) is 2. The molecule has 0 fully saturated rings. The molecule has 0 amide bonds. The van der Waals surface area contributed by atoms with E-state index < -0.39 is 7.60 Å². The van der Waals surface area contributed by atoms with E-state index in [9.17, 15) is 14.4 Å². The predicted octanol–water partition coefficient (Wildman–Crippen LogP) is 4.15. The lowest BCUT2D eigenvalue weighted by Crippen LogP contribution is -2.22. The van der Waals surface area contributed by atoms with E-state index in [1.165, 1.54) is 0 Å². The Hall–Kier alpha value is -0.630. The minimum Gasteiger partial charge on any atom is -0.321 e.